The van der Waals surface area contributed by atoms with Gasteiger partial charge in [0.1, 0.15) is 0 Å². The van der Waals surface area contributed by atoms with Gasteiger partial charge < -0.3 is 10.6 Å². The Hall–Kier alpha value is -1.63. The molecular weight excluding hydrogens is 364 g/mol. The van der Waals surface area contributed by atoms with Crippen LogP contribution in [0.5, 0.6) is 0 Å². The van der Waals surface area contributed by atoms with Gasteiger partial charge in [-0.1, -0.05) is 11.6 Å². The monoisotopic (exact) mass is 378 g/mol. The van der Waals surface area contributed by atoms with Crippen molar-refractivity contribution >= 4 is 58.3 Å². The van der Waals surface area contributed by atoms with E-state index in [0.717, 1.165) is 15.5 Å². The summed E-state index contributed by atoms with van der Waals surface area (Å²) in [6, 6.07) is 12.9. The van der Waals surface area contributed by atoms with E-state index in [1.807, 2.05) is 36.6 Å². The summed E-state index contributed by atoms with van der Waals surface area (Å²) in [6.45, 7) is 0. The van der Waals surface area contributed by atoms with Crippen LogP contribution in [0.15, 0.2) is 52.3 Å². The van der Waals surface area contributed by atoms with Crippen LogP contribution in [0.4, 0.5) is 11.4 Å². The van der Waals surface area contributed by atoms with Gasteiger partial charge in [0, 0.05) is 26.9 Å². The van der Waals surface area contributed by atoms with Crippen molar-refractivity contribution in [3.63, 3.8) is 0 Å². The average molecular weight is 379 g/mol. The Morgan fingerprint density at radius 3 is 2.75 bits per heavy atom. The largest absolute Gasteiger partial charge is 0.326 e. The fraction of sp³-hybridized carbons (Fsp3) is 0.176. The molecule has 1 heterocycles. The minimum absolute atomic E-state index is 0.114. The predicted octanol–water partition coefficient (Wildman–Crippen LogP) is 4.50. The van der Waals surface area contributed by atoms with Crippen molar-refractivity contribution in [2.24, 2.45) is 0 Å². The summed E-state index contributed by atoms with van der Waals surface area (Å²) in [5.74, 6) is -0.361. The van der Waals surface area contributed by atoms with Crippen molar-refractivity contribution in [3.05, 3.63) is 47.5 Å². The number of benzene rings is 2. The molecule has 4 nitrogen and oxygen atoms in total. The van der Waals surface area contributed by atoms with Gasteiger partial charge >= 0.3 is 0 Å². The first-order chi connectivity index (χ1) is 11.5. The summed E-state index contributed by atoms with van der Waals surface area (Å²) < 4.78 is 0. The van der Waals surface area contributed by atoms with Crippen molar-refractivity contribution in [3.8, 4) is 0 Å². The highest BCUT2D eigenvalue weighted by molar-refractivity contribution is 8.01. The molecule has 1 aliphatic heterocycles. The maximum absolute atomic E-state index is 12.2. The lowest BCUT2D eigenvalue weighted by atomic mass is 10.2. The first kappa shape index (κ1) is 17.2. The van der Waals surface area contributed by atoms with E-state index in [4.69, 9.17) is 11.6 Å². The van der Waals surface area contributed by atoms with Gasteiger partial charge in [-0.15, -0.1) is 23.5 Å². The Kier molecular flexibility index (Phi) is 5.38. The Morgan fingerprint density at radius 2 is 2.04 bits per heavy atom. The minimum atomic E-state index is -0.454. The van der Waals surface area contributed by atoms with Crippen LogP contribution in [0.25, 0.3) is 0 Å². The highest BCUT2D eigenvalue weighted by Crippen LogP contribution is 2.38. The Morgan fingerprint density at radius 1 is 1.29 bits per heavy atom. The summed E-state index contributed by atoms with van der Waals surface area (Å²) in [4.78, 5) is 26.4. The molecule has 124 valence electrons. The summed E-state index contributed by atoms with van der Waals surface area (Å²) in [7, 11) is 0. The molecule has 0 bridgehead atoms. The quantitative estimate of drug-likeness (QED) is 0.769. The molecule has 3 rings (SSSR count). The lowest BCUT2D eigenvalue weighted by molar-refractivity contribution is -0.120. The third kappa shape index (κ3) is 4.06. The number of hydrogen-bond acceptors (Lipinski definition) is 4. The van der Waals surface area contributed by atoms with E-state index >= 15 is 0 Å². The summed E-state index contributed by atoms with van der Waals surface area (Å²) in [5, 5.41) is 5.75. The Balaban J connectivity index is 1.63. The van der Waals surface area contributed by atoms with Gasteiger partial charge in [-0.05, 0) is 48.7 Å². The minimum Gasteiger partial charge on any atom is -0.326 e. The maximum Gasteiger partial charge on any atom is 0.238 e. The molecule has 0 fully saturated rings. The number of carbonyl (C=O) groups is 2. The second kappa shape index (κ2) is 7.51. The molecule has 1 unspecified atom stereocenters. The van der Waals surface area contributed by atoms with Gasteiger partial charge in [-0.25, -0.2) is 0 Å². The first-order valence-electron chi connectivity index (χ1n) is 7.26. The van der Waals surface area contributed by atoms with Gasteiger partial charge in [0.05, 0.1) is 10.9 Å². The highest BCUT2D eigenvalue weighted by atomic mass is 35.5. The van der Waals surface area contributed by atoms with Crippen LogP contribution in [-0.2, 0) is 9.59 Å². The standard InChI is InChI=1S/C17H15ClN2O2S2/c1-23-12-5-3-11(4-6-12)19-16(21)9-15-17(22)20-13-8-10(18)2-7-14(13)24-15/h2-8,15H,9H2,1H3,(H,19,21)(H,20,22). The van der Waals surface area contributed by atoms with Crippen LogP contribution >= 0.6 is 35.1 Å². The molecule has 2 aromatic rings. The van der Waals surface area contributed by atoms with Crippen LogP contribution in [0.3, 0.4) is 0 Å². The van der Waals surface area contributed by atoms with E-state index in [2.05, 4.69) is 10.6 Å². The number of fused-ring (bicyclic) bond motifs is 1. The molecule has 0 radical (unpaired) electrons. The number of nitrogens with one attached hydrogen (secondary N) is 2. The van der Waals surface area contributed by atoms with Gasteiger partial charge in [0.15, 0.2) is 0 Å². The number of amides is 2. The highest BCUT2D eigenvalue weighted by Gasteiger charge is 2.29. The third-order valence-corrected chi connectivity index (χ3v) is 5.76. The Labute approximate surface area is 153 Å². The van der Waals surface area contributed by atoms with Crippen molar-refractivity contribution < 1.29 is 9.59 Å². The number of halogens is 1. The van der Waals surface area contributed by atoms with Gasteiger partial charge in [-0.3, -0.25) is 9.59 Å². The van der Waals surface area contributed by atoms with E-state index in [-0.39, 0.29) is 18.2 Å². The molecule has 0 saturated heterocycles. The molecular formula is C17H15ClN2O2S2. The molecule has 1 aliphatic rings. The summed E-state index contributed by atoms with van der Waals surface area (Å²) >= 11 is 8.96. The topological polar surface area (TPSA) is 58.2 Å². The van der Waals surface area contributed by atoms with E-state index in [0.29, 0.717) is 10.7 Å². The van der Waals surface area contributed by atoms with Crippen molar-refractivity contribution in [2.45, 2.75) is 21.5 Å². The number of thioether (sulfide) groups is 2. The number of rotatable bonds is 4. The smallest absolute Gasteiger partial charge is 0.238 e. The fourth-order valence-corrected chi connectivity index (χ4v) is 3.98. The SMILES string of the molecule is CSc1ccc(NC(=O)CC2Sc3ccc(Cl)cc3NC2=O)cc1. The number of anilines is 2. The normalized spacial score (nSPS) is 16.2. The molecule has 2 amide bonds. The van der Waals surface area contributed by atoms with Crippen molar-refractivity contribution in [1.82, 2.24) is 0 Å². The lowest BCUT2D eigenvalue weighted by Gasteiger charge is -2.23. The lowest BCUT2D eigenvalue weighted by Crippen LogP contribution is -2.32. The van der Waals surface area contributed by atoms with E-state index in [9.17, 15) is 9.59 Å². The molecule has 24 heavy (non-hydrogen) atoms. The number of hydrogen-bond donors (Lipinski definition) is 2. The third-order valence-electron chi connectivity index (χ3n) is 3.51. The molecule has 0 saturated carbocycles. The van der Waals surface area contributed by atoms with E-state index < -0.39 is 5.25 Å². The van der Waals surface area contributed by atoms with E-state index in [1.54, 1.807) is 23.9 Å². The van der Waals surface area contributed by atoms with Gasteiger partial charge in [0.25, 0.3) is 0 Å². The molecule has 0 spiro atoms. The van der Waals surface area contributed by atoms with Gasteiger partial charge in [-0.2, -0.15) is 0 Å². The van der Waals surface area contributed by atoms with Crippen LogP contribution < -0.4 is 10.6 Å². The zero-order valence-corrected chi connectivity index (χ0v) is 15.2. The zero-order valence-electron chi connectivity index (χ0n) is 12.8. The van der Waals surface area contributed by atoms with Crippen LogP contribution in [0.2, 0.25) is 5.02 Å². The summed E-state index contributed by atoms with van der Waals surface area (Å²) in [6.07, 6.45) is 2.11. The second-order valence-corrected chi connectivity index (χ2v) is 7.78. The summed E-state index contributed by atoms with van der Waals surface area (Å²) in [5.41, 5.74) is 1.42. The Bertz CT molecular complexity index is 781. The predicted molar refractivity (Wildman–Crippen MR) is 101 cm³/mol. The van der Waals surface area contributed by atoms with Crippen molar-refractivity contribution in [2.75, 3.05) is 16.9 Å². The molecule has 0 aromatic heterocycles. The second-order valence-electron chi connectivity index (χ2n) is 5.22. The van der Waals surface area contributed by atoms with Crippen LogP contribution in [-0.4, -0.2) is 23.3 Å². The maximum atomic E-state index is 12.2. The van der Waals surface area contributed by atoms with Gasteiger partial charge in [0.2, 0.25) is 11.8 Å². The van der Waals surface area contributed by atoms with Crippen LogP contribution in [0, 0.1) is 0 Å². The fourth-order valence-electron chi connectivity index (χ4n) is 2.31. The number of carbonyl (C=O) groups excluding carboxylic acids is 2. The molecule has 2 aromatic carbocycles. The molecule has 1 atom stereocenters. The van der Waals surface area contributed by atoms with E-state index in [1.165, 1.54) is 11.8 Å². The zero-order chi connectivity index (χ0) is 17.1. The molecule has 0 aliphatic carbocycles. The first-order valence-corrected chi connectivity index (χ1v) is 9.74. The molecule has 2 N–H and O–H groups in total. The molecule has 7 heteroatoms. The van der Waals surface area contributed by atoms with Crippen LogP contribution in [0.1, 0.15) is 6.42 Å². The average Bonchev–Trinajstić information content (AvgIpc) is 2.56. The van der Waals surface area contributed by atoms with Crippen molar-refractivity contribution in [1.29, 1.82) is 0 Å².